The van der Waals surface area contributed by atoms with Gasteiger partial charge in [-0.25, -0.2) is 8.78 Å². The summed E-state index contributed by atoms with van der Waals surface area (Å²) in [6, 6.07) is 10.4. The van der Waals surface area contributed by atoms with E-state index in [0.717, 1.165) is 6.07 Å². The molecule has 2 aromatic rings. The molecule has 0 spiro atoms. The maximum Gasteiger partial charge on any atom is 0.253 e. The second kappa shape index (κ2) is 7.31. The van der Waals surface area contributed by atoms with Gasteiger partial charge in [0.05, 0.1) is 12.0 Å². The van der Waals surface area contributed by atoms with Crippen LogP contribution >= 0.6 is 0 Å². The molecule has 2 unspecified atom stereocenters. The zero-order valence-electron chi connectivity index (χ0n) is 15.1. The molecule has 1 saturated carbocycles. The highest BCUT2D eigenvalue weighted by molar-refractivity contribution is 5.95. The SMILES string of the molecule is O=C(c1ccc(-c2cccc(F)c2F)cc1)N1CCN(C(=O)C2CC2O)CC1. The van der Waals surface area contributed by atoms with E-state index in [-0.39, 0.29) is 23.3 Å². The van der Waals surface area contributed by atoms with Crippen molar-refractivity contribution in [1.82, 2.24) is 9.80 Å². The lowest BCUT2D eigenvalue weighted by Gasteiger charge is -2.35. The third-order valence-electron chi connectivity index (χ3n) is 5.35. The van der Waals surface area contributed by atoms with Crippen LogP contribution in [0.15, 0.2) is 42.5 Å². The second-order valence-corrected chi connectivity index (χ2v) is 7.21. The first kappa shape index (κ1) is 18.6. The number of hydrogen-bond acceptors (Lipinski definition) is 3. The lowest BCUT2D eigenvalue weighted by Crippen LogP contribution is -2.51. The lowest BCUT2D eigenvalue weighted by molar-refractivity contribution is -0.134. The number of aliphatic hydroxyl groups excluding tert-OH is 1. The highest BCUT2D eigenvalue weighted by Gasteiger charge is 2.44. The van der Waals surface area contributed by atoms with E-state index in [9.17, 15) is 23.5 Å². The minimum absolute atomic E-state index is 0.0407. The molecule has 1 aliphatic heterocycles. The van der Waals surface area contributed by atoms with Gasteiger partial charge in [-0.3, -0.25) is 9.59 Å². The van der Waals surface area contributed by atoms with Crippen LogP contribution in [0.25, 0.3) is 11.1 Å². The van der Waals surface area contributed by atoms with E-state index in [1.165, 1.54) is 12.1 Å². The maximum absolute atomic E-state index is 13.9. The summed E-state index contributed by atoms with van der Waals surface area (Å²) in [4.78, 5) is 28.2. The molecule has 0 bridgehead atoms. The van der Waals surface area contributed by atoms with Gasteiger partial charge in [0.25, 0.3) is 5.91 Å². The number of rotatable bonds is 3. The largest absolute Gasteiger partial charge is 0.392 e. The Bertz CT molecular complexity index is 908. The van der Waals surface area contributed by atoms with Crippen LogP contribution in [-0.2, 0) is 4.79 Å². The summed E-state index contributed by atoms with van der Waals surface area (Å²) in [5.74, 6) is -2.31. The Balaban J connectivity index is 1.40. The van der Waals surface area contributed by atoms with Gasteiger partial charge in [-0.05, 0) is 30.2 Å². The minimum atomic E-state index is -0.914. The number of piperazine rings is 1. The van der Waals surface area contributed by atoms with Gasteiger partial charge in [-0.15, -0.1) is 0 Å². The maximum atomic E-state index is 13.9. The van der Waals surface area contributed by atoms with Gasteiger partial charge in [0.2, 0.25) is 5.91 Å². The van der Waals surface area contributed by atoms with Crippen molar-refractivity contribution in [2.75, 3.05) is 26.2 Å². The highest BCUT2D eigenvalue weighted by atomic mass is 19.2. The monoisotopic (exact) mass is 386 g/mol. The summed E-state index contributed by atoms with van der Waals surface area (Å²) in [7, 11) is 0. The molecule has 146 valence electrons. The van der Waals surface area contributed by atoms with Crippen LogP contribution in [0.3, 0.4) is 0 Å². The number of benzene rings is 2. The van der Waals surface area contributed by atoms with Gasteiger partial charge >= 0.3 is 0 Å². The predicted molar refractivity (Wildman–Crippen MR) is 98.4 cm³/mol. The summed E-state index contributed by atoms with van der Waals surface area (Å²) in [5.41, 5.74) is 1.10. The number of carbonyl (C=O) groups is 2. The number of halogens is 2. The molecule has 2 aromatic carbocycles. The van der Waals surface area contributed by atoms with E-state index < -0.39 is 17.7 Å². The smallest absolute Gasteiger partial charge is 0.253 e. The van der Waals surface area contributed by atoms with E-state index in [2.05, 4.69) is 0 Å². The predicted octanol–water partition coefficient (Wildman–Crippen LogP) is 2.30. The lowest BCUT2D eigenvalue weighted by atomic mass is 10.0. The first-order valence-corrected chi connectivity index (χ1v) is 9.26. The molecule has 0 aromatic heterocycles. The van der Waals surface area contributed by atoms with Crippen molar-refractivity contribution in [3.05, 3.63) is 59.7 Å². The van der Waals surface area contributed by atoms with Gasteiger partial charge in [-0.1, -0.05) is 24.3 Å². The van der Waals surface area contributed by atoms with Crippen LogP contribution in [0.1, 0.15) is 16.8 Å². The molecule has 2 amide bonds. The van der Waals surface area contributed by atoms with E-state index in [1.54, 1.807) is 34.1 Å². The van der Waals surface area contributed by atoms with Crippen molar-refractivity contribution in [1.29, 1.82) is 0 Å². The van der Waals surface area contributed by atoms with Gasteiger partial charge in [0.15, 0.2) is 11.6 Å². The van der Waals surface area contributed by atoms with Gasteiger partial charge in [0, 0.05) is 37.3 Å². The molecule has 5 nitrogen and oxygen atoms in total. The molecule has 1 aliphatic carbocycles. The number of nitrogens with zero attached hydrogens (tertiary/aromatic N) is 2. The fourth-order valence-electron chi connectivity index (χ4n) is 3.51. The Morgan fingerprint density at radius 2 is 1.54 bits per heavy atom. The standard InChI is InChI=1S/C21H20F2N2O3/c22-17-3-1-2-15(19(17)23)13-4-6-14(7-5-13)20(27)24-8-10-25(11-9-24)21(28)16-12-18(16)26/h1-7,16,18,26H,8-12H2. The first-order valence-electron chi connectivity index (χ1n) is 9.26. The van der Waals surface area contributed by atoms with Crippen LogP contribution in [0.5, 0.6) is 0 Å². The molecular weight excluding hydrogens is 366 g/mol. The molecule has 28 heavy (non-hydrogen) atoms. The fraction of sp³-hybridized carbons (Fsp3) is 0.333. The van der Waals surface area contributed by atoms with Crippen molar-refractivity contribution < 1.29 is 23.5 Å². The van der Waals surface area contributed by atoms with Crippen molar-refractivity contribution in [3.8, 4) is 11.1 Å². The zero-order valence-corrected chi connectivity index (χ0v) is 15.1. The van der Waals surface area contributed by atoms with Crippen LogP contribution < -0.4 is 0 Å². The van der Waals surface area contributed by atoms with E-state index in [1.807, 2.05) is 0 Å². The minimum Gasteiger partial charge on any atom is -0.392 e. The van der Waals surface area contributed by atoms with E-state index in [0.29, 0.717) is 43.7 Å². The summed E-state index contributed by atoms with van der Waals surface area (Å²) >= 11 is 0. The molecule has 1 saturated heterocycles. The molecule has 1 heterocycles. The average molecular weight is 386 g/mol. The number of carbonyl (C=O) groups excluding carboxylic acids is 2. The van der Waals surface area contributed by atoms with Crippen LogP contribution in [-0.4, -0.2) is 59.0 Å². The molecule has 2 aliphatic rings. The van der Waals surface area contributed by atoms with E-state index >= 15 is 0 Å². The van der Waals surface area contributed by atoms with Crippen LogP contribution in [0, 0.1) is 17.6 Å². The zero-order chi connectivity index (χ0) is 19.8. The Morgan fingerprint density at radius 1 is 0.929 bits per heavy atom. The Labute approximate surface area is 161 Å². The second-order valence-electron chi connectivity index (χ2n) is 7.21. The third kappa shape index (κ3) is 3.49. The Hall–Kier alpha value is -2.80. The molecule has 7 heteroatoms. The molecule has 2 fully saturated rings. The number of hydrogen-bond donors (Lipinski definition) is 1. The average Bonchev–Trinajstić information content (AvgIpc) is 3.46. The summed E-state index contributed by atoms with van der Waals surface area (Å²) in [5, 5.41) is 9.40. The fourth-order valence-corrected chi connectivity index (χ4v) is 3.51. The molecular formula is C21H20F2N2O3. The van der Waals surface area contributed by atoms with Crippen molar-refractivity contribution in [3.63, 3.8) is 0 Å². The first-order chi connectivity index (χ1) is 13.5. The van der Waals surface area contributed by atoms with Crippen molar-refractivity contribution in [2.24, 2.45) is 5.92 Å². The molecule has 4 rings (SSSR count). The number of aliphatic hydroxyl groups is 1. The number of amides is 2. The van der Waals surface area contributed by atoms with Gasteiger partial charge in [-0.2, -0.15) is 0 Å². The van der Waals surface area contributed by atoms with Crippen LogP contribution in [0.4, 0.5) is 8.78 Å². The van der Waals surface area contributed by atoms with Crippen molar-refractivity contribution >= 4 is 11.8 Å². The summed E-state index contributed by atoms with van der Waals surface area (Å²) < 4.78 is 27.3. The van der Waals surface area contributed by atoms with E-state index in [4.69, 9.17) is 0 Å². The van der Waals surface area contributed by atoms with Gasteiger partial charge in [0.1, 0.15) is 0 Å². The Kier molecular flexibility index (Phi) is 4.85. The molecule has 0 radical (unpaired) electrons. The van der Waals surface area contributed by atoms with Crippen molar-refractivity contribution in [2.45, 2.75) is 12.5 Å². The van der Waals surface area contributed by atoms with Gasteiger partial charge < -0.3 is 14.9 Å². The Morgan fingerprint density at radius 3 is 2.14 bits per heavy atom. The third-order valence-corrected chi connectivity index (χ3v) is 5.35. The summed E-state index contributed by atoms with van der Waals surface area (Å²) in [6.45, 7) is 1.74. The molecule has 1 N–H and O–H groups in total. The van der Waals surface area contributed by atoms with Crippen LogP contribution in [0.2, 0.25) is 0 Å². The quantitative estimate of drug-likeness (QED) is 0.881. The normalized spacial score (nSPS) is 21.5. The summed E-state index contributed by atoms with van der Waals surface area (Å²) in [6.07, 6.45) is 0.00423. The highest BCUT2D eigenvalue weighted by Crippen LogP contribution is 2.32. The molecule has 2 atom stereocenters. The topological polar surface area (TPSA) is 60.9 Å².